The van der Waals surface area contributed by atoms with Gasteiger partial charge in [0.15, 0.2) is 0 Å². The topological polar surface area (TPSA) is 23.5 Å². The maximum atomic E-state index is 8.62. The minimum atomic E-state index is 0.286. The maximum Gasteiger partial charge on any atom is 0.0443 e. The van der Waals surface area contributed by atoms with Gasteiger partial charge in [-0.1, -0.05) is 6.07 Å². The molecular weight excluding hydrogens is 170 g/mol. The third-order valence-electron chi connectivity index (χ3n) is 1.70. The van der Waals surface area contributed by atoms with Gasteiger partial charge in [-0.15, -0.1) is 11.3 Å². The highest BCUT2D eigenvalue weighted by molar-refractivity contribution is 7.09. The highest BCUT2D eigenvalue weighted by atomic mass is 32.1. The Bertz CT molecular complexity index is 198. The van der Waals surface area contributed by atoms with Crippen LogP contribution in [0, 0.1) is 0 Å². The first-order valence-corrected chi connectivity index (χ1v) is 5.02. The fourth-order valence-electron chi connectivity index (χ4n) is 1.09. The van der Waals surface area contributed by atoms with Gasteiger partial charge in [0.2, 0.25) is 0 Å². The number of hydrogen-bond acceptors (Lipinski definition) is 3. The van der Waals surface area contributed by atoms with Crippen LogP contribution in [0.15, 0.2) is 17.5 Å². The predicted octanol–water partition coefficient (Wildman–Crippen LogP) is 1.56. The summed E-state index contributed by atoms with van der Waals surface area (Å²) < 4.78 is 0. The second-order valence-corrected chi connectivity index (χ2v) is 3.93. The third-order valence-corrected chi connectivity index (χ3v) is 2.56. The van der Waals surface area contributed by atoms with E-state index >= 15 is 0 Å². The zero-order chi connectivity index (χ0) is 8.81. The molecule has 0 aliphatic heterocycles. The smallest absolute Gasteiger partial charge is 0.0443 e. The van der Waals surface area contributed by atoms with Crippen molar-refractivity contribution in [1.29, 1.82) is 0 Å². The largest absolute Gasteiger partial charge is 0.396 e. The van der Waals surface area contributed by atoms with E-state index in [9.17, 15) is 0 Å². The number of aliphatic hydroxyl groups excluding tert-OH is 1. The molecule has 1 heterocycles. The summed E-state index contributed by atoms with van der Waals surface area (Å²) in [5.74, 6) is 0. The fraction of sp³-hybridized carbons (Fsp3) is 0.556. The van der Waals surface area contributed by atoms with Crippen molar-refractivity contribution in [2.24, 2.45) is 0 Å². The molecule has 0 radical (unpaired) electrons. The van der Waals surface area contributed by atoms with Gasteiger partial charge < -0.3 is 10.0 Å². The number of aliphatic hydroxyl groups is 1. The second-order valence-electron chi connectivity index (χ2n) is 2.89. The molecule has 1 rings (SSSR count). The summed E-state index contributed by atoms with van der Waals surface area (Å²) in [5.41, 5.74) is 0. The quantitative estimate of drug-likeness (QED) is 0.752. The minimum absolute atomic E-state index is 0.286. The lowest BCUT2D eigenvalue weighted by atomic mass is 10.4. The van der Waals surface area contributed by atoms with E-state index < -0.39 is 0 Å². The van der Waals surface area contributed by atoms with Gasteiger partial charge in [0.25, 0.3) is 0 Å². The Morgan fingerprint density at radius 3 is 3.00 bits per heavy atom. The van der Waals surface area contributed by atoms with Gasteiger partial charge in [0, 0.05) is 24.6 Å². The van der Waals surface area contributed by atoms with E-state index in [0.717, 1.165) is 19.5 Å². The Morgan fingerprint density at radius 1 is 1.58 bits per heavy atom. The van der Waals surface area contributed by atoms with Crippen LogP contribution in [0.25, 0.3) is 0 Å². The third kappa shape index (κ3) is 3.34. The Hall–Kier alpha value is -0.380. The Morgan fingerprint density at radius 2 is 2.42 bits per heavy atom. The van der Waals surface area contributed by atoms with Gasteiger partial charge in [-0.05, 0) is 24.9 Å². The molecule has 0 saturated heterocycles. The number of nitrogens with zero attached hydrogens (tertiary/aromatic N) is 1. The molecule has 1 N–H and O–H groups in total. The maximum absolute atomic E-state index is 8.62. The van der Waals surface area contributed by atoms with E-state index in [1.807, 2.05) is 0 Å². The standard InChI is InChI=1S/C9H15NOS/c1-10(5-3-6-11)8-9-4-2-7-12-9/h2,4,7,11H,3,5-6,8H2,1H3. The molecule has 1 aromatic rings. The second kappa shape index (κ2) is 5.30. The van der Waals surface area contributed by atoms with Crippen LogP contribution in [0.2, 0.25) is 0 Å². The summed E-state index contributed by atoms with van der Waals surface area (Å²) in [6.07, 6.45) is 0.863. The van der Waals surface area contributed by atoms with E-state index in [1.165, 1.54) is 4.88 Å². The predicted molar refractivity (Wildman–Crippen MR) is 52.4 cm³/mol. The lowest BCUT2D eigenvalue weighted by molar-refractivity contribution is 0.245. The van der Waals surface area contributed by atoms with Crippen molar-refractivity contribution in [3.05, 3.63) is 22.4 Å². The number of thiophene rings is 1. The molecule has 12 heavy (non-hydrogen) atoms. The number of hydrogen-bond donors (Lipinski definition) is 1. The van der Waals surface area contributed by atoms with Crippen molar-refractivity contribution in [2.75, 3.05) is 20.2 Å². The van der Waals surface area contributed by atoms with Crippen molar-refractivity contribution < 1.29 is 5.11 Å². The number of rotatable bonds is 5. The Kier molecular flexibility index (Phi) is 4.29. The fourth-order valence-corrected chi connectivity index (χ4v) is 1.87. The van der Waals surface area contributed by atoms with Crippen LogP contribution in [0.1, 0.15) is 11.3 Å². The van der Waals surface area contributed by atoms with Crippen LogP contribution >= 0.6 is 11.3 Å². The molecule has 0 fully saturated rings. The molecule has 0 saturated carbocycles. The Labute approximate surface area is 77.5 Å². The summed E-state index contributed by atoms with van der Waals surface area (Å²) in [6, 6.07) is 4.21. The first kappa shape index (κ1) is 9.71. The van der Waals surface area contributed by atoms with E-state index in [1.54, 1.807) is 11.3 Å². The zero-order valence-corrected chi connectivity index (χ0v) is 8.18. The minimum Gasteiger partial charge on any atom is -0.396 e. The summed E-state index contributed by atoms with van der Waals surface area (Å²) in [5, 5.41) is 10.7. The van der Waals surface area contributed by atoms with Crippen LogP contribution in [0.5, 0.6) is 0 Å². The molecule has 1 aromatic heterocycles. The first-order chi connectivity index (χ1) is 5.83. The lowest BCUT2D eigenvalue weighted by Crippen LogP contribution is -2.19. The van der Waals surface area contributed by atoms with Gasteiger partial charge in [-0.2, -0.15) is 0 Å². The van der Waals surface area contributed by atoms with E-state index in [4.69, 9.17) is 5.11 Å². The highest BCUT2D eigenvalue weighted by Crippen LogP contribution is 2.10. The summed E-state index contributed by atoms with van der Waals surface area (Å²) in [6.45, 7) is 2.25. The monoisotopic (exact) mass is 185 g/mol. The van der Waals surface area contributed by atoms with Gasteiger partial charge in [0.1, 0.15) is 0 Å². The molecule has 0 atom stereocenters. The average molecular weight is 185 g/mol. The molecule has 68 valence electrons. The van der Waals surface area contributed by atoms with Gasteiger partial charge >= 0.3 is 0 Å². The molecule has 0 amide bonds. The zero-order valence-electron chi connectivity index (χ0n) is 7.36. The van der Waals surface area contributed by atoms with Gasteiger partial charge in [-0.25, -0.2) is 0 Å². The SMILES string of the molecule is CN(CCCO)Cc1cccs1. The summed E-state index contributed by atoms with van der Waals surface area (Å²) in [4.78, 5) is 3.61. The van der Waals surface area contributed by atoms with E-state index in [2.05, 4.69) is 29.5 Å². The van der Waals surface area contributed by atoms with Gasteiger partial charge in [0.05, 0.1) is 0 Å². The van der Waals surface area contributed by atoms with Crippen molar-refractivity contribution in [3.8, 4) is 0 Å². The van der Waals surface area contributed by atoms with Crippen LogP contribution in [-0.2, 0) is 6.54 Å². The molecular formula is C9H15NOS. The molecule has 0 spiro atoms. The van der Waals surface area contributed by atoms with Crippen LogP contribution in [0.4, 0.5) is 0 Å². The van der Waals surface area contributed by atoms with Crippen LogP contribution in [0.3, 0.4) is 0 Å². The van der Waals surface area contributed by atoms with Crippen molar-refractivity contribution in [3.63, 3.8) is 0 Å². The molecule has 0 aliphatic carbocycles. The molecule has 0 unspecified atom stereocenters. The van der Waals surface area contributed by atoms with Crippen LogP contribution < -0.4 is 0 Å². The molecule has 0 aliphatic rings. The molecule has 0 bridgehead atoms. The van der Waals surface area contributed by atoms with Crippen LogP contribution in [-0.4, -0.2) is 30.2 Å². The van der Waals surface area contributed by atoms with E-state index in [0.29, 0.717) is 0 Å². The van der Waals surface area contributed by atoms with Gasteiger partial charge in [-0.3, -0.25) is 0 Å². The van der Waals surface area contributed by atoms with E-state index in [-0.39, 0.29) is 6.61 Å². The normalized spacial score (nSPS) is 10.9. The summed E-state index contributed by atoms with van der Waals surface area (Å²) >= 11 is 1.78. The Balaban J connectivity index is 2.22. The molecule has 3 heteroatoms. The van der Waals surface area contributed by atoms with Crippen molar-refractivity contribution in [2.45, 2.75) is 13.0 Å². The lowest BCUT2D eigenvalue weighted by Gasteiger charge is -2.14. The molecule has 0 aromatic carbocycles. The van der Waals surface area contributed by atoms with Crippen molar-refractivity contribution in [1.82, 2.24) is 4.90 Å². The highest BCUT2D eigenvalue weighted by Gasteiger charge is 1.99. The first-order valence-electron chi connectivity index (χ1n) is 4.14. The van der Waals surface area contributed by atoms with Crippen molar-refractivity contribution >= 4 is 11.3 Å². The summed E-state index contributed by atoms with van der Waals surface area (Å²) in [7, 11) is 2.08. The average Bonchev–Trinajstić information content (AvgIpc) is 2.53. The molecule has 2 nitrogen and oxygen atoms in total.